The number of ether oxygens (including phenoxy) is 3. The van der Waals surface area contributed by atoms with E-state index in [1.807, 2.05) is 12.1 Å². The van der Waals surface area contributed by atoms with Crippen molar-refractivity contribution in [1.82, 2.24) is 14.8 Å². The van der Waals surface area contributed by atoms with Gasteiger partial charge in [-0.05, 0) is 24.6 Å². The molecule has 1 N–H and O–H groups in total. The van der Waals surface area contributed by atoms with Crippen LogP contribution in [0.2, 0.25) is 5.02 Å². The van der Waals surface area contributed by atoms with Crippen molar-refractivity contribution in [2.45, 2.75) is 25.1 Å². The Labute approximate surface area is 176 Å². The van der Waals surface area contributed by atoms with E-state index in [4.69, 9.17) is 25.8 Å². The van der Waals surface area contributed by atoms with Crippen LogP contribution in [0.4, 0.5) is 14.7 Å². The summed E-state index contributed by atoms with van der Waals surface area (Å²) in [7, 11) is 3.13. The predicted molar refractivity (Wildman–Crippen MR) is 107 cm³/mol. The number of nitrogens with one attached hydrogen (secondary N) is 1. The van der Waals surface area contributed by atoms with Crippen LogP contribution in [0.25, 0.3) is 0 Å². The van der Waals surface area contributed by atoms with Gasteiger partial charge in [-0.1, -0.05) is 29.8 Å². The lowest BCUT2D eigenvalue weighted by Gasteiger charge is -2.33. The molecule has 2 heterocycles. The van der Waals surface area contributed by atoms with Gasteiger partial charge in [0, 0.05) is 16.1 Å². The van der Waals surface area contributed by atoms with Gasteiger partial charge in [0.1, 0.15) is 12.1 Å². The van der Waals surface area contributed by atoms with Gasteiger partial charge in [0.15, 0.2) is 11.5 Å². The van der Waals surface area contributed by atoms with Crippen molar-refractivity contribution in [3.63, 3.8) is 0 Å². The van der Waals surface area contributed by atoms with Crippen molar-refractivity contribution in [2.75, 3.05) is 19.5 Å². The topological polar surface area (TPSA) is 70.4 Å². The maximum absolute atomic E-state index is 13.0. The number of halogens is 3. The van der Waals surface area contributed by atoms with Crippen LogP contribution in [0.5, 0.6) is 17.2 Å². The molecule has 0 unspecified atom stereocenters. The lowest BCUT2D eigenvalue weighted by molar-refractivity contribution is -0.0506. The minimum absolute atomic E-state index is 0.0133. The first-order valence-corrected chi connectivity index (χ1v) is 9.50. The molecule has 0 amide bonds. The van der Waals surface area contributed by atoms with Gasteiger partial charge in [0.05, 0.1) is 26.3 Å². The minimum atomic E-state index is -2.97. The summed E-state index contributed by atoms with van der Waals surface area (Å²) in [6, 6.07) is 9.60. The largest absolute Gasteiger partial charge is 0.493 e. The van der Waals surface area contributed by atoms with Crippen molar-refractivity contribution in [3.8, 4) is 17.2 Å². The molecule has 158 valence electrons. The van der Waals surface area contributed by atoms with Gasteiger partial charge >= 0.3 is 6.61 Å². The summed E-state index contributed by atoms with van der Waals surface area (Å²) in [5.74, 6) is 1.67. The Hall–Kier alpha value is -3.07. The second-order valence-electron chi connectivity index (χ2n) is 6.62. The Morgan fingerprint density at radius 3 is 2.70 bits per heavy atom. The molecule has 0 spiro atoms. The van der Waals surface area contributed by atoms with Crippen LogP contribution in [0.15, 0.2) is 42.7 Å². The summed E-state index contributed by atoms with van der Waals surface area (Å²) in [5, 5.41) is 7.88. The SMILES string of the molecule is COc1cccc([C@@H]2C[C@@H](c3ccc(Cl)cc3OC(F)F)Nc3ncnn32)c1OC. The number of rotatable bonds is 6. The third kappa shape index (κ3) is 3.72. The smallest absolute Gasteiger partial charge is 0.387 e. The van der Waals surface area contributed by atoms with Crippen molar-refractivity contribution in [3.05, 3.63) is 58.9 Å². The number of para-hydroxylation sites is 1. The molecule has 0 aliphatic carbocycles. The van der Waals surface area contributed by atoms with E-state index in [0.29, 0.717) is 34.5 Å². The molecule has 2 aromatic carbocycles. The highest BCUT2D eigenvalue weighted by Crippen LogP contribution is 2.45. The van der Waals surface area contributed by atoms with E-state index in [-0.39, 0.29) is 17.8 Å². The zero-order chi connectivity index (χ0) is 21.3. The third-order valence-corrected chi connectivity index (χ3v) is 5.23. The van der Waals surface area contributed by atoms with Gasteiger partial charge in [-0.15, -0.1) is 0 Å². The van der Waals surface area contributed by atoms with Crippen LogP contribution >= 0.6 is 11.6 Å². The third-order valence-electron chi connectivity index (χ3n) is 4.99. The second-order valence-corrected chi connectivity index (χ2v) is 7.06. The molecule has 1 aromatic heterocycles. The molecule has 2 atom stereocenters. The Kier molecular flexibility index (Phi) is 5.63. The standard InChI is InChI=1S/C20H19ClF2N4O3/c1-28-16-5-3-4-13(18(16)29-2)15-9-14(26-20-24-10-25-27(15)20)12-7-6-11(21)8-17(12)30-19(22)23/h3-8,10,14-15,19H,9H2,1-2H3,(H,24,25,26)/t14-,15-/m0/s1. The van der Waals surface area contributed by atoms with E-state index < -0.39 is 6.61 Å². The highest BCUT2D eigenvalue weighted by atomic mass is 35.5. The van der Waals surface area contributed by atoms with Gasteiger partial charge in [0.2, 0.25) is 5.95 Å². The van der Waals surface area contributed by atoms with Gasteiger partial charge in [-0.3, -0.25) is 0 Å². The average molecular weight is 437 g/mol. The summed E-state index contributed by atoms with van der Waals surface area (Å²) >= 11 is 6.00. The fraction of sp³-hybridized carbons (Fsp3) is 0.300. The van der Waals surface area contributed by atoms with E-state index >= 15 is 0 Å². The Balaban J connectivity index is 1.78. The van der Waals surface area contributed by atoms with Crippen LogP contribution in [-0.4, -0.2) is 35.6 Å². The highest BCUT2D eigenvalue weighted by Gasteiger charge is 2.34. The molecule has 0 bridgehead atoms. The molecular formula is C20H19ClF2N4O3. The first-order chi connectivity index (χ1) is 14.5. The minimum Gasteiger partial charge on any atom is -0.493 e. The molecule has 30 heavy (non-hydrogen) atoms. The predicted octanol–water partition coefficient (Wildman–Crippen LogP) is 4.70. The highest BCUT2D eigenvalue weighted by molar-refractivity contribution is 6.30. The van der Waals surface area contributed by atoms with E-state index in [0.717, 1.165) is 5.56 Å². The summed E-state index contributed by atoms with van der Waals surface area (Å²) in [4.78, 5) is 4.27. The first kappa shape index (κ1) is 20.2. The molecule has 0 radical (unpaired) electrons. The molecule has 3 aromatic rings. The van der Waals surface area contributed by atoms with E-state index in [2.05, 4.69) is 15.4 Å². The van der Waals surface area contributed by atoms with Crippen LogP contribution in [-0.2, 0) is 0 Å². The normalized spacial score (nSPS) is 17.9. The van der Waals surface area contributed by atoms with Gasteiger partial charge in [0.25, 0.3) is 0 Å². The molecule has 4 rings (SSSR count). The second kappa shape index (κ2) is 8.35. The van der Waals surface area contributed by atoms with Crippen molar-refractivity contribution < 1.29 is 23.0 Å². The molecule has 10 heteroatoms. The zero-order valence-corrected chi connectivity index (χ0v) is 16.9. The van der Waals surface area contributed by atoms with Crippen LogP contribution in [0.1, 0.15) is 29.6 Å². The number of fused-ring (bicyclic) bond motifs is 1. The molecule has 1 aliphatic heterocycles. The van der Waals surface area contributed by atoms with Crippen molar-refractivity contribution in [2.24, 2.45) is 0 Å². The number of anilines is 1. The van der Waals surface area contributed by atoms with Crippen LogP contribution in [0.3, 0.4) is 0 Å². The maximum Gasteiger partial charge on any atom is 0.387 e. The maximum atomic E-state index is 13.0. The molecule has 7 nitrogen and oxygen atoms in total. The fourth-order valence-corrected chi connectivity index (χ4v) is 3.91. The Morgan fingerprint density at radius 1 is 1.13 bits per heavy atom. The van der Waals surface area contributed by atoms with E-state index in [9.17, 15) is 8.78 Å². The lowest BCUT2D eigenvalue weighted by Crippen LogP contribution is -2.28. The number of nitrogens with zero attached hydrogens (tertiary/aromatic N) is 3. The molecule has 0 saturated heterocycles. The van der Waals surface area contributed by atoms with Crippen molar-refractivity contribution in [1.29, 1.82) is 0 Å². The fourth-order valence-electron chi connectivity index (χ4n) is 3.75. The van der Waals surface area contributed by atoms with E-state index in [1.54, 1.807) is 37.1 Å². The van der Waals surface area contributed by atoms with Gasteiger partial charge < -0.3 is 19.5 Å². The lowest BCUT2D eigenvalue weighted by atomic mass is 9.92. The van der Waals surface area contributed by atoms with Gasteiger partial charge in [-0.25, -0.2) is 4.68 Å². The number of alkyl halides is 2. The molecule has 1 aliphatic rings. The quantitative estimate of drug-likeness (QED) is 0.604. The van der Waals surface area contributed by atoms with Gasteiger partial charge in [-0.2, -0.15) is 18.9 Å². The molecule has 0 saturated carbocycles. The van der Waals surface area contributed by atoms with E-state index in [1.165, 1.54) is 12.4 Å². The zero-order valence-electron chi connectivity index (χ0n) is 16.2. The van der Waals surface area contributed by atoms with Crippen LogP contribution in [0, 0.1) is 0 Å². The number of hydrogen-bond acceptors (Lipinski definition) is 6. The van der Waals surface area contributed by atoms with Crippen LogP contribution < -0.4 is 19.5 Å². The van der Waals surface area contributed by atoms with Crippen molar-refractivity contribution >= 4 is 17.5 Å². The number of aromatic nitrogens is 3. The first-order valence-electron chi connectivity index (χ1n) is 9.13. The summed E-state index contributed by atoms with van der Waals surface area (Å²) < 4.78 is 43.4. The number of methoxy groups -OCH3 is 2. The summed E-state index contributed by atoms with van der Waals surface area (Å²) in [6.45, 7) is -2.97. The Bertz CT molecular complexity index is 1050. The molecular weight excluding hydrogens is 418 g/mol. The molecule has 0 fully saturated rings. The summed E-state index contributed by atoms with van der Waals surface area (Å²) in [6.07, 6.45) is 1.91. The number of benzene rings is 2. The Morgan fingerprint density at radius 2 is 1.97 bits per heavy atom. The average Bonchev–Trinajstić information content (AvgIpc) is 3.20. The number of hydrogen-bond donors (Lipinski definition) is 1. The summed E-state index contributed by atoms with van der Waals surface area (Å²) in [5.41, 5.74) is 1.38. The monoisotopic (exact) mass is 436 g/mol.